The van der Waals surface area contributed by atoms with Crippen LogP contribution in [0.3, 0.4) is 0 Å². The number of hydrogen-bond donors (Lipinski definition) is 3. The highest BCUT2D eigenvalue weighted by molar-refractivity contribution is 5.96. The fraction of sp³-hybridized carbons (Fsp3) is 0.150. The second kappa shape index (κ2) is 8.27. The van der Waals surface area contributed by atoms with Gasteiger partial charge in [-0.15, -0.1) is 0 Å². The highest BCUT2D eigenvalue weighted by Gasteiger charge is 2.09. The van der Waals surface area contributed by atoms with Crippen LogP contribution in [0.15, 0.2) is 59.4 Å². The number of amides is 2. The van der Waals surface area contributed by atoms with Gasteiger partial charge in [0.2, 0.25) is 0 Å². The van der Waals surface area contributed by atoms with Gasteiger partial charge in [-0.1, -0.05) is 24.3 Å². The van der Waals surface area contributed by atoms with E-state index in [1.165, 1.54) is 18.2 Å². The number of hydrogen-bond acceptors (Lipinski definition) is 3. The molecule has 0 saturated carbocycles. The number of pyridine rings is 1. The molecule has 6 nitrogen and oxygen atoms in total. The first kappa shape index (κ1) is 18.3. The Morgan fingerprint density at radius 3 is 2.44 bits per heavy atom. The van der Waals surface area contributed by atoms with E-state index in [1.54, 1.807) is 30.3 Å². The van der Waals surface area contributed by atoms with Gasteiger partial charge in [-0.05, 0) is 42.1 Å². The number of H-pyrrole nitrogens is 1. The zero-order valence-corrected chi connectivity index (χ0v) is 14.4. The highest BCUT2D eigenvalue weighted by atomic mass is 19.1. The molecule has 0 spiro atoms. The number of fused-ring (bicyclic) bond motifs is 1. The molecule has 3 rings (SSSR count). The maximum Gasteiger partial charge on any atom is 0.267 e. The SMILES string of the molecule is O=C(NCCCNC(=O)c1cc2ccccc2c(=O)[nH]1)c1cccc(F)c1. The van der Waals surface area contributed by atoms with Crippen molar-refractivity contribution in [1.82, 2.24) is 15.6 Å². The first-order valence-electron chi connectivity index (χ1n) is 8.48. The van der Waals surface area contributed by atoms with Gasteiger partial charge < -0.3 is 15.6 Å². The summed E-state index contributed by atoms with van der Waals surface area (Å²) in [5.74, 6) is -1.24. The number of benzene rings is 2. The summed E-state index contributed by atoms with van der Waals surface area (Å²) in [6.07, 6.45) is 0.491. The van der Waals surface area contributed by atoms with Gasteiger partial charge in [0.25, 0.3) is 17.4 Å². The Balaban J connectivity index is 1.49. The van der Waals surface area contributed by atoms with Crippen LogP contribution in [0.2, 0.25) is 0 Å². The molecule has 0 atom stereocenters. The van der Waals surface area contributed by atoms with Gasteiger partial charge in [-0.2, -0.15) is 0 Å². The molecule has 0 fully saturated rings. The first-order valence-corrected chi connectivity index (χ1v) is 8.48. The molecule has 138 valence electrons. The number of aromatic nitrogens is 1. The van der Waals surface area contributed by atoms with E-state index < -0.39 is 11.7 Å². The minimum Gasteiger partial charge on any atom is -0.352 e. The van der Waals surface area contributed by atoms with Crippen molar-refractivity contribution in [3.05, 3.63) is 82.0 Å². The highest BCUT2D eigenvalue weighted by Crippen LogP contribution is 2.09. The largest absolute Gasteiger partial charge is 0.352 e. The molecule has 3 N–H and O–H groups in total. The summed E-state index contributed by atoms with van der Waals surface area (Å²) in [5.41, 5.74) is 0.107. The summed E-state index contributed by atoms with van der Waals surface area (Å²) in [4.78, 5) is 38.6. The third kappa shape index (κ3) is 4.58. The molecule has 2 amide bonds. The molecule has 0 bridgehead atoms. The number of aromatic amines is 1. The van der Waals surface area contributed by atoms with E-state index in [0.717, 1.165) is 6.07 Å². The summed E-state index contributed by atoms with van der Waals surface area (Å²) in [6.45, 7) is 0.640. The number of nitrogens with one attached hydrogen (secondary N) is 3. The fourth-order valence-electron chi connectivity index (χ4n) is 2.65. The molecular weight excluding hydrogens is 349 g/mol. The summed E-state index contributed by atoms with van der Waals surface area (Å²) < 4.78 is 13.1. The van der Waals surface area contributed by atoms with Gasteiger partial charge in [-0.25, -0.2) is 4.39 Å². The average molecular weight is 367 g/mol. The smallest absolute Gasteiger partial charge is 0.267 e. The molecule has 0 aliphatic rings. The van der Waals surface area contributed by atoms with Crippen LogP contribution in [0.25, 0.3) is 10.8 Å². The van der Waals surface area contributed by atoms with Crippen molar-refractivity contribution >= 4 is 22.6 Å². The van der Waals surface area contributed by atoms with E-state index in [0.29, 0.717) is 30.3 Å². The van der Waals surface area contributed by atoms with Gasteiger partial charge in [0.15, 0.2) is 0 Å². The standard InChI is InChI=1S/C20H18FN3O3/c21-15-7-3-6-14(11-15)18(25)22-9-4-10-23-20(27)17-12-13-5-1-2-8-16(13)19(26)24-17/h1-3,5-8,11-12H,4,9-10H2,(H,22,25)(H,23,27)(H,24,26). The minimum atomic E-state index is -0.473. The number of carbonyl (C=O) groups excluding carboxylic acids is 2. The number of rotatable bonds is 6. The normalized spacial score (nSPS) is 10.6. The van der Waals surface area contributed by atoms with Crippen molar-refractivity contribution in [2.24, 2.45) is 0 Å². The van der Waals surface area contributed by atoms with Crippen LogP contribution in [0.5, 0.6) is 0 Å². The Bertz CT molecular complexity index is 1050. The van der Waals surface area contributed by atoms with Crippen molar-refractivity contribution in [2.45, 2.75) is 6.42 Å². The third-order valence-electron chi connectivity index (χ3n) is 4.01. The third-order valence-corrected chi connectivity index (χ3v) is 4.01. The predicted molar refractivity (Wildman–Crippen MR) is 100 cm³/mol. The minimum absolute atomic E-state index is 0.183. The molecule has 0 aliphatic heterocycles. The molecule has 0 saturated heterocycles. The Morgan fingerprint density at radius 1 is 0.926 bits per heavy atom. The quantitative estimate of drug-likeness (QED) is 0.584. The van der Waals surface area contributed by atoms with Crippen molar-refractivity contribution in [3.8, 4) is 0 Å². The van der Waals surface area contributed by atoms with Crippen LogP contribution < -0.4 is 16.2 Å². The predicted octanol–water partition coefficient (Wildman–Crippen LogP) is 2.22. The molecule has 3 aromatic rings. The molecule has 1 aromatic heterocycles. The monoisotopic (exact) mass is 367 g/mol. The van der Waals surface area contributed by atoms with Crippen LogP contribution in [0.4, 0.5) is 4.39 Å². The number of halogens is 1. The first-order chi connectivity index (χ1) is 13.0. The van der Waals surface area contributed by atoms with E-state index in [1.807, 2.05) is 0 Å². The van der Waals surface area contributed by atoms with E-state index in [2.05, 4.69) is 15.6 Å². The summed E-state index contributed by atoms with van der Waals surface area (Å²) >= 11 is 0. The lowest BCUT2D eigenvalue weighted by Crippen LogP contribution is -2.31. The van der Waals surface area contributed by atoms with E-state index >= 15 is 0 Å². The Kier molecular flexibility index (Phi) is 5.61. The van der Waals surface area contributed by atoms with Crippen LogP contribution in [0.1, 0.15) is 27.3 Å². The van der Waals surface area contributed by atoms with Gasteiger partial charge in [0, 0.05) is 24.0 Å². The molecule has 1 heterocycles. The Labute approximate surface area is 154 Å². The fourth-order valence-corrected chi connectivity index (χ4v) is 2.65. The topological polar surface area (TPSA) is 91.1 Å². The summed E-state index contributed by atoms with van der Waals surface area (Å²) in [7, 11) is 0. The van der Waals surface area contributed by atoms with E-state index in [-0.39, 0.29) is 22.7 Å². The molecule has 7 heteroatoms. The van der Waals surface area contributed by atoms with Crippen LogP contribution >= 0.6 is 0 Å². The van der Waals surface area contributed by atoms with Crippen LogP contribution in [0, 0.1) is 5.82 Å². The van der Waals surface area contributed by atoms with Crippen molar-refractivity contribution in [3.63, 3.8) is 0 Å². The second-order valence-electron chi connectivity index (χ2n) is 5.98. The molecule has 27 heavy (non-hydrogen) atoms. The van der Waals surface area contributed by atoms with Crippen molar-refractivity contribution in [2.75, 3.05) is 13.1 Å². The van der Waals surface area contributed by atoms with Crippen molar-refractivity contribution in [1.29, 1.82) is 0 Å². The van der Waals surface area contributed by atoms with Gasteiger partial charge in [0.05, 0.1) is 0 Å². The van der Waals surface area contributed by atoms with Crippen LogP contribution in [-0.4, -0.2) is 29.9 Å². The van der Waals surface area contributed by atoms with Gasteiger partial charge in [-0.3, -0.25) is 14.4 Å². The zero-order valence-electron chi connectivity index (χ0n) is 14.4. The Morgan fingerprint density at radius 2 is 1.67 bits per heavy atom. The lowest BCUT2D eigenvalue weighted by Gasteiger charge is -2.08. The van der Waals surface area contributed by atoms with E-state index in [4.69, 9.17) is 0 Å². The molecule has 0 unspecified atom stereocenters. The van der Waals surface area contributed by atoms with Crippen LogP contribution in [-0.2, 0) is 0 Å². The maximum atomic E-state index is 13.1. The second-order valence-corrected chi connectivity index (χ2v) is 5.98. The van der Waals surface area contributed by atoms with Gasteiger partial charge in [0.1, 0.15) is 11.5 Å². The maximum absolute atomic E-state index is 13.1. The number of carbonyl (C=O) groups is 2. The summed E-state index contributed by atoms with van der Waals surface area (Å²) in [6, 6.07) is 14.1. The zero-order chi connectivity index (χ0) is 19.2. The summed E-state index contributed by atoms with van der Waals surface area (Å²) in [5, 5.41) is 6.56. The lowest BCUT2D eigenvalue weighted by atomic mass is 10.1. The molecule has 0 radical (unpaired) electrons. The van der Waals surface area contributed by atoms with Gasteiger partial charge >= 0.3 is 0 Å². The molecule has 0 aliphatic carbocycles. The van der Waals surface area contributed by atoms with E-state index in [9.17, 15) is 18.8 Å². The lowest BCUT2D eigenvalue weighted by molar-refractivity contribution is 0.0947. The Hall–Kier alpha value is -3.48. The molecular formula is C20H18FN3O3. The molecule has 2 aromatic carbocycles. The van der Waals surface area contributed by atoms with Crippen molar-refractivity contribution < 1.29 is 14.0 Å². The average Bonchev–Trinajstić information content (AvgIpc) is 2.67.